The van der Waals surface area contributed by atoms with Crippen LogP contribution in [0.3, 0.4) is 0 Å². The van der Waals surface area contributed by atoms with E-state index in [0.717, 1.165) is 42.8 Å². The molecule has 2 aromatic heterocycles. The number of fused-ring (bicyclic) bond motifs is 1. The number of anilines is 1. The number of rotatable bonds is 5. The summed E-state index contributed by atoms with van der Waals surface area (Å²) >= 11 is 6.28. The highest BCUT2D eigenvalue weighted by molar-refractivity contribution is 6.74. The van der Waals surface area contributed by atoms with Crippen molar-refractivity contribution in [1.82, 2.24) is 19.7 Å². The van der Waals surface area contributed by atoms with Crippen LogP contribution in [-0.4, -0.2) is 47.3 Å². The van der Waals surface area contributed by atoms with Gasteiger partial charge in [-0.25, -0.2) is 4.68 Å². The Morgan fingerprint density at radius 1 is 1.30 bits per heavy atom. The predicted octanol–water partition coefficient (Wildman–Crippen LogP) is 5.05. The molecule has 1 aliphatic heterocycles. The van der Waals surface area contributed by atoms with E-state index in [1.807, 2.05) is 10.9 Å². The van der Waals surface area contributed by atoms with Gasteiger partial charge in [-0.3, -0.25) is 0 Å². The Labute approximate surface area is 168 Å². The summed E-state index contributed by atoms with van der Waals surface area (Å²) in [5.74, 6) is 0.887. The molecule has 1 aliphatic rings. The Morgan fingerprint density at radius 2 is 2.00 bits per heavy atom. The molecule has 3 rings (SSSR count). The molecule has 8 heteroatoms. The minimum absolute atomic E-state index is 0.209. The molecule has 1 saturated heterocycles. The van der Waals surface area contributed by atoms with Crippen molar-refractivity contribution < 1.29 is 4.43 Å². The predicted molar refractivity (Wildman–Crippen MR) is 114 cm³/mol. The molecule has 0 aliphatic carbocycles. The summed E-state index contributed by atoms with van der Waals surface area (Å²) in [4.78, 5) is 11.4. The summed E-state index contributed by atoms with van der Waals surface area (Å²) in [5, 5.41) is 5.96. The summed E-state index contributed by atoms with van der Waals surface area (Å²) in [6.07, 6.45) is 4.11. The second-order valence-electron chi connectivity index (χ2n) is 9.30. The third-order valence-corrected chi connectivity index (χ3v) is 10.7. The lowest BCUT2D eigenvalue weighted by Gasteiger charge is -2.38. The highest BCUT2D eigenvalue weighted by atomic mass is 35.5. The van der Waals surface area contributed by atoms with Gasteiger partial charge in [-0.05, 0) is 56.4 Å². The van der Waals surface area contributed by atoms with E-state index in [2.05, 4.69) is 67.7 Å². The Bertz CT molecular complexity index is 814. The summed E-state index contributed by atoms with van der Waals surface area (Å²) < 4.78 is 8.42. The van der Waals surface area contributed by atoms with Crippen LogP contribution < -0.4 is 4.90 Å². The fraction of sp³-hybridized carbons (Fsp3) is 0.737. The Kier molecular flexibility index (Phi) is 5.58. The van der Waals surface area contributed by atoms with Crippen molar-refractivity contribution in [2.24, 2.45) is 0 Å². The summed E-state index contributed by atoms with van der Waals surface area (Å²) in [6.45, 7) is 17.3. The molecule has 3 heterocycles. The van der Waals surface area contributed by atoms with Crippen molar-refractivity contribution >= 4 is 36.8 Å². The number of halogens is 1. The molecule has 1 fully saturated rings. The fourth-order valence-electron chi connectivity index (χ4n) is 3.29. The number of aromatic nitrogens is 4. The van der Waals surface area contributed by atoms with Gasteiger partial charge in [0.05, 0.1) is 24.2 Å². The monoisotopic (exact) mass is 409 g/mol. The smallest absolute Gasteiger partial charge is 0.226 e. The minimum atomic E-state index is -1.78. The van der Waals surface area contributed by atoms with Crippen molar-refractivity contribution in [2.75, 3.05) is 18.1 Å². The van der Waals surface area contributed by atoms with Crippen LogP contribution in [0.25, 0.3) is 11.0 Å². The quantitative estimate of drug-likeness (QED) is 0.510. The third kappa shape index (κ3) is 4.00. The fourth-order valence-corrected chi connectivity index (χ4v) is 4.49. The second-order valence-corrected chi connectivity index (χ2v) is 14.4. The molecule has 27 heavy (non-hydrogen) atoms. The van der Waals surface area contributed by atoms with E-state index in [1.165, 1.54) is 0 Å². The summed E-state index contributed by atoms with van der Waals surface area (Å²) in [7, 11) is -1.78. The second kappa shape index (κ2) is 7.33. The van der Waals surface area contributed by atoms with Gasteiger partial charge in [-0.1, -0.05) is 20.8 Å². The van der Waals surface area contributed by atoms with Gasteiger partial charge in [-0.15, -0.1) is 0 Å². The van der Waals surface area contributed by atoms with Crippen LogP contribution in [0.4, 0.5) is 5.82 Å². The molecule has 0 N–H and O–H groups in total. The normalized spacial score (nSPS) is 18.9. The molecule has 150 valence electrons. The first-order valence-corrected chi connectivity index (χ1v) is 13.1. The van der Waals surface area contributed by atoms with Gasteiger partial charge >= 0.3 is 0 Å². The first-order chi connectivity index (χ1) is 12.5. The van der Waals surface area contributed by atoms with Gasteiger partial charge in [0.1, 0.15) is 5.82 Å². The van der Waals surface area contributed by atoms with Gasteiger partial charge in [0, 0.05) is 12.6 Å². The Hall–Kier alpha value is -1.18. The zero-order valence-corrected chi connectivity index (χ0v) is 19.3. The van der Waals surface area contributed by atoms with Gasteiger partial charge in [0.2, 0.25) is 5.28 Å². The zero-order chi connectivity index (χ0) is 20.0. The molecule has 0 aromatic carbocycles. The summed E-state index contributed by atoms with van der Waals surface area (Å²) in [5.41, 5.74) is 0.802. The van der Waals surface area contributed by atoms with Crippen molar-refractivity contribution in [3.63, 3.8) is 0 Å². The zero-order valence-electron chi connectivity index (χ0n) is 17.6. The van der Waals surface area contributed by atoms with Crippen molar-refractivity contribution in [3.8, 4) is 0 Å². The number of hydrogen-bond donors (Lipinski definition) is 0. The lowest BCUT2D eigenvalue weighted by Crippen LogP contribution is -2.45. The molecular weight excluding hydrogens is 378 g/mol. The van der Waals surface area contributed by atoms with Crippen LogP contribution in [-0.2, 0) is 4.43 Å². The molecule has 0 spiro atoms. The number of nitrogens with zero attached hydrogens (tertiary/aromatic N) is 5. The van der Waals surface area contributed by atoms with Crippen LogP contribution in [0.5, 0.6) is 0 Å². The average molecular weight is 410 g/mol. The van der Waals surface area contributed by atoms with E-state index in [1.54, 1.807) is 0 Å². The van der Waals surface area contributed by atoms with E-state index in [-0.39, 0.29) is 16.4 Å². The molecule has 0 radical (unpaired) electrons. The van der Waals surface area contributed by atoms with E-state index in [0.29, 0.717) is 6.04 Å². The highest BCUT2D eigenvalue weighted by Crippen LogP contribution is 2.38. The average Bonchev–Trinajstić information content (AvgIpc) is 3.17. The minimum Gasteiger partial charge on any atom is -0.415 e. The van der Waals surface area contributed by atoms with E-state index >= 15 is 0 Å². The van der Waals surface area contributed by atoms with Crippen LogP contribution >= 0.6 is 11.6 Å². The molecule has 1 atom stereocenters. The van der Waals surface area contributed by atoms with Crippen LogP contribution in [0, 0.1) is 0 Å². The Morgan fingerprint density at radius 3 is 2.63 bits per heavy atom. The third-order valence-electron chi connectivity index (χ3n) is 5.99. The van der Waals surface area contributed by atoms with Crippen LogP contribution in [0.15, 0.2) is 6.20 Å². The van der Waals surface area contributed by atoms with E-state index in [9.17, 15) is 0 Å². The van der Waals surface area contributed by atoms with Gasteiger partial charge in [0.15, 0.2) is 14.0 Å². The van der Waals surface area contributed by atoms with Crippen molar-refractivity contribution in [3.05, 3.63) is 11.5 Å². The van der Waals surface area contributed by atoms with E-state index < -0.39 is 8.32 Å². The molecule has 0 saturated carbocycles. The summed E-state index contributed by atoms with van der Waals surface area (Å²) in [6, 6.07) is 0.535. The molecule has 2 aromatic rings. The first-order valence-electron chi connectivity index (χ1n) is 9.82. The van der Waals surface area contributed by atoms with Gasteiger partial charge in [-0.2, -0.15) is 15.1 Å². The maximum absolute atomic E-state index is 6.52. The largest absolute Gasteiger partial charge is 0.415 e. The highest BCUT2D eigenvalue weighted by Gasteiger charge is 2.39. The molecular formula is C19H32ClN5OSi. The van der Waals surface area contributed by atoms with Crippen LogP contribution in [0.1, 0.15) is 53.5 Å². The lowest BCUT2D eigenvalue weighted by molar-refractivity contribution is 0.263. The Balaban J connectivity index is 1.89. The maximum atomic E-state index is 6.52. The van der Waals surface area contributed by atoms with Gasteiger partial charge < -0.3 is 9.33 Å². The number of hydrogen-bond acceptors (Lipinski definition) is 5. The van der Waals surface area contributed by atoms with E-state index in [4.69, 9.17) is 16.0 Å². The standard InChI is InChI=1S/C19H32ClN5OSi/c1-13(2)25-17-15(11-21-25)16(22-18(20)23-17)24-10-8-9-14(24)12-26-27(6,7)19(3,4)5/h11,13-14H,8-10,12H2,1-7H3. The SMILES string of the molecule is CC(C)n1ncc2c(N3CCCC3CO[Si](C)(C)C(C)(C)C)nc(Cl)nc21. The van der Waals surface area contributed by atoms with Gasteiger partial charge in [0.25, 0.3) is 0 Å². The van der Waals surface area contributed by atoms with Crippen LogP contribution in [0.2, 0.25) is 23.4 Å². The lowest BCUT2D eigenvalue weighted by atomic mass is 10.2. The van der Waals surface area contributed by atoms with Crippen molar-refractivity contribution in [2.45, 2.75) is 77.7 Å². The molecule has 6 nitrogen and oxygen atoms in total. The van der Waals surface area contributed by atoms with Crippen molar-refractivity contribution in [1.29, 1.82) is 0 Å². The molecule has 0 bridgehead atoms. The first kappa shape index (κ1) is 20.5. The maximum Gasteiger partial charge on any atom is 0.226 e. The molecule has 0 amide bonds. The molecule has 1 unspecified atom stereocenters. The topological polar surface area (TPSA) is 56.1 Å².